The molecule has 5 heteroatoms. The smallest absolute Gasteiger partial charge is 0.337 e. The first-order valence-corrected chi connectivity index (χ1v) is 6.01. The van der Waals surface area contributed by atoms with E-state index >= 15 is 0 Å². The van der Waals surface area contributed by atoms with Gasteiger partial charge in [-0.1, -0.05) is 0 Å². The summed E-state index contributed by atoms with van der Waals surface area (Å²) in [6, 6.07) is 1.37. The summed E-state index contributed by atoms with van der Waals surface area (Å²) in [4.78, 5) is 23.0. The van der Waals surface area contributed by atoms with Gasteiger partial charge in [0.25, 0.3) is 5.56 Å². The maximum atomic E-state index is 11.8. The van der Waals surface area contributed by atoms with E-state index in [1.165, 1.54) is 10.6 Å². The van der Waals surface area contributed by atoms with E-state index in [9.17, 15) is 9.59 Å². The van der Waals surface area contributed by atoms with E-state index in [0.29, 0.717) is 37.4 Å². The van der Waals surface area contributed by atoms with Crippen LogP contribution in [0, 0.1) is 13.8 Å². The number of pyridine rings is 1. The molecule has 0 saturated heterocycles. The third-order valence-electron chi connectivity index (χ3n) is 2.86. The molecule has 0 bridgehead atoms. The fraction of sp³-hybridized carbons (Fsp3) is 0.538. The fourth-order valence-electron chi connectivity index (χ4n) is 1.99. The second-order valence-electron chi connectivity index (χ2n) is 4.13. The van der Waals surface area contributed by atoms with Crippen LogP contribution in [0.15, 0.2) is 10.9 Å². The number of ether oxygens (including phenoxy) is 1. The third-order valence-corrected chi connectivity index (χ3v) is 2.86. The van der Waals surface area contributed by atoms with Crippen LogP contribution in [-0.4, -0.2) is 28.9 Å². The summed E-state index contributed by atoms with van der Waals surface area (Å²) in [6.07, 6.45) is 0.691. The summed E-state index contributed by atoms with van der Waals surface area (Å²) in [6.45, 7) is 6.90. The molecule has 1 aromatic rings. The normalized spacial score (nSPS) is 10.6. The first kappa shape index (κ1) is 14.4. The average Bonchev–Trinajstić information content (AvgIpc) is 2.26. The predicted octanol–water partition coefficient (Wildman–Crippen LogP) is 1.59. The van der Waals surface area contributed by atoms with Crippen molar-refractivity contribution >= 4 is 5.97 Å². The molecular formula is C13H19NO4. The van der Waals surface area contributed by atoms with Crippen molar-refractivity contribution in [2.24, 2.45) is 0 Å². The van der Waals surface area contributed by atoms with E-state index in [1.807, 2.05) is 6.92 Å². The van der Waals surface area contributed by atoms with Gasteiger partial charge in [0.05, 0.1) is 5.56 Å². The first-order chi connectivity index (χ1) is 8.49. The van der Waals surface area contributed by atoms with Crippen LogP contribution in [0.5, 0.6) is 0 Å². The highest BCUT2D eigenvalue weighted by molar-refractivity contribution is 5.90. The highest BCUT2D eigenvalue weighted by Crippen LogP contribution is 2.11. The Morgan fingerprint density at radius 1 is 1.44 bits per heavy atom. The molecule has 0 spiro atoms. The Labute approximate surface area is 106 Å². The molecule has 0 amide bonds. The molecule has 1 rings (SSSR count). The summed E-state index contributed by atoms with van der Waals surface area (Å²) in [5.41, 5.74) is 1.06. The zero-order valence-corrected chi connectivity index (χ0v) is 11.0. The van der Waals surface area contributed by atoms with Crippen LogP contribution in [0.1, 0.15) is 35.0 Å². The molecule has 0 aromatic carbocycles. The molecule has 100 valence electrons. The minimum absolute atomic E-state index is 0.161. The summed E-state index contributed by atoms with van der Waals surface area (Å²) in [5.74, 6) is -0.997. The summed E-state index contributed by atoms with van der Waals surface area (Å²) < 4.78 is 6.70. The number of nitrogens with zero attached hydrogens (tertiary/aromatic N) is 1. The van der Waals surface area contributed by atoms with Gasteiger partial charge >= 0.3 is 5.97 Å². The molecule has 5 nitrogen and oxygen atoms in total. The van der Waals surface area contributed by atoms with E-state index < -0.39 is 5.97 Å². The zero-order valence-electron chi connectivity index (χ0n) is 11.0. The van der Waals surface area contributed by atoms with Gasteiger partial charge in [-0.05, 0) is 32.8 Å². The van der Waals surface area contributed by atoms with Crippen molar-refractivity contribution in [3.05, 3.63) is 33.2 Å². The van der Waals surface area contributed by atoms with Crippen LogP contribution < -0.4 is 5.56 Å². The fourth-order valence-corrected chi connectivity index (χ4v) is 1.99. The lowest BCUT2D eigenvalue weighted by Crippen LogP contribution is -2.26. The molecule has 0 aliphatic heterocycles. The number of carboxylic acid groups (broad SMARTS) is 1. The van der Waals surface area contributed by atoms with Crippen LogP contribution in [0.25, 0.3) is 0 Å². The molecule has 1 N–H and O–H groups in total. The molecule has 0 radical (unpaired) electrons. The molecule has 1 heterocycles. The Bertz CT molecular complexity index is 490. The van der Waals surface area contributed by atoms with Crippen LogP contribution in [0.2, 0.25) is 0 Å². The molecule has 18 heavy (non-hydrogen) atoms. The van der Waals surface area contributed by atoms with Crippen molar-refractivity contribution in [1.82, 2.24) is 4.57 Å². The minimum Gasteiger partial charge on any atom is -0.478 e. The Balaban J connectivity index is 3.01. The molecule has 1 aromatic heterocycles. The number of rotatable bonds is 6. The van der Waals surface area contributed by atoms with Gasteiger partial charge < -0.3 is 14.4 Å². The highest BCUT2D eigenvalue weighted by atomic mass is 16.5. The van der Waals surface area contributed by atoms with Gasteiger partial charge in [0.2, 0.25) is 0 Å². The minimum atomic E-state index is -0.997. The monoisotopic (exact) mass is 253 g/mol. The Hall–Kier alpha value is -1.62. The van der Waals surface area contributed by atoms with Crippen LogP contribution >= 0.6 is 0 Å². The lowest BCUT2D eigenvalue weighted by atomic mass is 10.1. The maximum absolute atomic E-state index is 11.8. The number of hydrogen-bond acceptors (Lipinski definition) is 3. The zero-order chi connectivity index (χ0) is 13.7. The number of carboxylic acids is 1. The van der Waals surface area contributed by atoms with E-state index in [0.717, 1.165) is 0 Å². The Morgan fingerprint density at radius 2 is 2.11 bits per heavy atom. The van der Waals surface area contributed by atoms with Crippen molar-refractivity contribution in [2.45, 2.75) is 33.7 Å². The van der Waals surface area contributed by atoms with Crippen LogP contribution in [0.4, 0.5) is 0 Å². The number of carbonyl (C=O) groups is 1. The number of aryl methyl sites for hydroxylation is 1. The Morgan fingerprint density at radius 3 is 2.67 bits per heavy atom. The van der Waals surface area contributed by atoms with Gasteiger partial charge in [-0.3, -0.25) is 4.79 Å². The van der Waals surface area contributed by atoms with Crippen LogP contribution in [0.3, 0.4) is 0 Å². The van der Waals surface area contributed by atoms with E-state index in [4.69, 9.17) is 9.84 Å². The number of hydrogen-bond donors (Lipinski definition) is 1. The van der Waals surface area contributed by atoms with E-state index in [-0.39, 0.29) is 11.1 Å². The lowest BCUT2D eigenvalue weighted by molar-refractivity contribution is 0.0694. The SMILES string of the molecule is CCOCCCn1c(C)c(C(=O)O)c(C)cc1=O. The second kappa shape index (κ2) is 6.35. The quantitative estimate of drug-likeness (QED) is 0.782. The Kier molecular flexibility index (Phi) is 5.09. The van der Waals surface area contributed by atoms with Gasteiger partial charge in [0.1, 0.15) is 0 Å². The van der Waals surface area contributed by atoms with Crippen LogP contribution in [-0.2, 0) is 11.3 Å². The van der Waals surface area contributed by atoms with Gasteiger partial charge in [-0.2, -0.15) is 0 Å². The summed E-state index contributed by atoms with van der Waals surface area (Å²) >= 11 is 0. The summed E-state index contributed by atoms with van der Waals surface area (Å²) in [7, 11) is 0. The van der Waals surface area contributed by atoms with E-state index in [2.05, 4.69) is 0 Å². The van der Waals surface area contributed by atoms with Crippen molar-refractivity contribution in [1.29, 1.82) is 0 Å². The van der Waals surface area contributed by atoms with Gasteiger partial charge in [-0.15, -0.1) is 0 Å². The average molecular weight is 253 g/mol. The predicted molar refractivity (Wildman–Crippen MR) is 68.2 cm³/mol. The molecule has 0 aliphatic carbocycles. The molecule has 0 aliphatic rings. The second-order valence-corrected chi connectivity index (χ2v) is 4.13. The van der Waals surface area contributed by atoms with Gasteiger partial charge in [-0.25, -0.2) is 4.79 Å². The summed E-state index contributed by atoms with van der Waals surface area (Å²) in [5, 5.41) is 9.13. The van der Waals surface area contributed by atoms with Crippen molar-refractivity contribution < 1.29 is 14.6 Å². The topological polar surface area (TPSA) is 68.5 Å². The largest absolute Gasteiger partial charge is 0.478 e. The third kappa shape index (κ3) is 3.20. The molecule has 0 atom stereocenters. The highest BCUT2D eigenvalue weighted by Gasteiger charge is 2.15. The molecule has 0 saturated carbocycles. The molecular weight excluding hydrogens is 234 g/mol. The number of aromatic nitrogens is 1. The lowest BCUT2D eigenvalue weighted by Gasteiger charge is -2.13. The van der Waals surface area contributed by atoms with E-state index in [1.54, 1.807) is 13.8 Å². The standard InChI is InChI=1S/C13H19NO4/c1-4-18-7-5-6-14-10(3)12(13(16)17)9(2)8-11(14)15/h8H,4-7H2,1-3H3,(H,16,17). The maximum Gasteiger partial charge on any atom is 0.337 e. The molecule has 0 unspecified atom stereocenters. The van der Waals surface area contributed by atoms with Gasteiger partial charge in [0.15, 0.2) is 0 Å². The molecule has 0 fully saturated rings. The number of aromatic carboxylic acids is 1. The van der Waals surface area contributed by atoms with Crippen molar-refractivity contribution in [3.63, 3.8) is 0 Å². The first-order valence-electron chi connectivity index (χ1n) is 6.01. The van der Waals surface area contributed by atoms with Crippen molar-refractivity contribution in [2.75, 3.05) is 13.2 Å². The van der Waals surface area contributed by atoms with Gasteiger partial charge in [0, 0.05) is 31.5 Å². The van der Waals surface area contributed by atoms with Crippen molar-refractivity contribution in [3.8, 4) is 0 Å².